The number of fused-ring (bicyclic) bond motifs is 1. The standard InChI is InChI=1S/C21H39N2/c1-20-14-18(22-10-6-4-7-11-22)15-21(20,2)17-19(16-20)23(3)12-8-5-9-13-23/h18-19H,4-17H2,1-3H3/q+1/t18?,19?,20-,21+. The summed E-state index contributed by atoms with van der Waals surface area (Å²) in [6, 6.07) is 1.85. The second-order valence-corrected chi connectivity index (χ2v) is 10.3. The minimum atomic E-state index is 0.610. The van der Waals surface area contributed by atoms with Gasteiger partial charge in [0.15, 0.2) is 0 Å². The van der Waals surface area contributed by atoms with Crippen molar-refractivity contribution in [1.82, 2.24) is 4.90 Å². The first-order valence-electron chi connectivity index (χ1n) is 10.5. The van der Waals surface area contributed by atoms with E-state index in [1.54, 1.807) is 0 Å². The van der Waals surface area contributed by atoms with Crippen molar-refractivity contribution >= 4 is 0 Å². The smallest absolute Gasteiger partial charge is 0.0899 e. The van der Waals surface area contributed by atoms with Crippen molar-refractivity contribution < 1.29 is 4.48 Å². The lowest BCUT2D eigenvalue weighted by Crippen LogP contribution is -2.54. The Labute approximate surface area is 144 Å². The Morgan fingerprint density at radius 3 is 1.83 bits per heavy atom. The third-order valence-corrected chi connectivity index (χ3v) is 8.83. The molecule has 4 fully saturated rings. The van der Waals surface area contributed by atoms with Crippen molar-refractivity contribution in [1.29, 1.82) is 0 Å². The molecule has 0 aromatic rings. The highest BCUT2D eigenvalue weighted by Gasteiger charge is 2.62. The fourth-order valence-electron chi connectivity index (χ4n) is 6.96. The van der Waals surface area contributed by atoms with E-state index in [2.05, 4.69) is 25.8 Å². The van der Waals surface area contributed by atoms with Crippen LogP contribution < -0.4 is 0 Å². The van der Waals surface area contributed by atoms with Crippen LogP contribution in [0.3, 0.4) is 0 Å². The molecule has 23 heavy (non-hydrogen) atoms. The van der Waals surface area contributed by atoms with E-state index in [1.165, 1.54) is 94.9 Å². The van der Waals surface area contributed by atoms with E-state index in [4.69, 9.17) is 0 Å². The lowest BCUT2D eigenvalue weighted by Gasteiger charge is -2.44. The van der Waals surface area contributed by atoms with Crippen molar-refractivity contribution in [2.24, 2.45) is 10.8 Å². The van der Waals surface area contributed by atoms with E-state index in [0.29, 0.717) is 10.8 Å². The largest absolute Gasteiger partial charge is 0.324 e. The van der Waals surface area contributed by atoms with Gasteiger partial charge in [-0.2, -0.15) is 0 Å². The number of rotatable bonds is 2. The molecule has 0 bridgehead atoms. The topological polar surface area (TPSA) is 3.24 Å². The Bertz CT molecular complexity index is 415. The molecule has 2 nitrogen and oxygen atoms in total. The fraction of sp³-hybridized carbons (Fsp3) is 1.00. The van der Waals surface area contributed by atoms with Crippen molar-refractivity contribution in [3.05, 3.63) is 0 Å². The summed E-state index contributed by atoms with van der Waals surface area (Å²) in [6.07, 6.45) is 14.8. The predicted octanol–water partition coefficient (Wildman–Crippen LogP) is 4.44. The summed E-state index contributed by atoms with van der Waals surface area (Å²) in [5.74, 6) is 0. The summed E-state index contributed by atoms with van der Waals surface area (Å²) in [5, 5.41) is 0. The second-order valence-electron chi connectivity index (χ2n) is 10.3. The maximum absolute atomic E-state index is 2.87. The van der Waals surface area contributed by atoms with E-state index < -0.39 is 0 Å². The first kappa shape index (κ1) is 16.4. The summed E-state index contributed by atoms with van der Waals surface area (Å²) < 4.78 is 1.40. The van der Waals surface area contributed by atoms with Crippen LogP contribution in [-0.2, 0) is 0 Å². The monoisotopic (exact) mass is 319 g/mol. The average Bonchev–Trinajstić information content (AvgIpc) is 2.94. The summed E-state index contributed by atoms with van der Waals surface area (Å²) in [6.45, 7) is 11.0. The Morgan fingerprint density at radius 1 is 0.739 bits per heavy atom. The van der Waals surface area contributed by atoms with Crippen LogP contribution in [-0.4, -0.2) is 54.7 Å². The Hall–Kier alpha value is -0.0800. The number of hydrogen-bond acceptors (Lipinski definition) is 1. The molecular formula is C21H39N2+. The van der Waals surface area contributed by atoms with Gasteiger partial charge in [0, 0.05) is 18.9 Å². The third-order valence-electron chi connectivity index (χ3n) is 8.83. The molecule has 0 radical (unpaired) electrons. The third kappa shape index (κ3) is 2.68. The fourth-order valence-corrected chi connectivity index (χ4v) is 6.96. The molecule has 2 saturated heterocycles. The molecule has 4 aliphatic rings. The zero-order chi connectivity index (χ0) is 16.1. The van der Waals surface area contributed by atoms with Crippen LogP contribution in [0.15, 0.2) is 0 Å². The highest BCUT2D eigenvalue weighted by atomic mass is 15.4. The minimum Gasteiger partial charge on any atom is -0.324 e. The van der Waals surface area contributed by atoms with Crippen LogP contribution in [0.2, 0.25) is 0 Å². The molecule has 2 heteroatoms. The van der Waals surface area contributed by atoms with Gasteiger partial charge in [-0.25, -0.2) is 0 Å². The molecule has 2 unspecified atom stereocenters. The maximum Gasteiger partial charge on any atom is 0.0899 e. The van der Waals surface area contributed by atoms with Gasteiger partial charge in [0.25, 0.3) is 0 Å². The summed E-state index contributed by atoms with van der Waals surface area (Å²) in [4.78, 5) is 2.87. The Balaban J connectivity index is 1.47. The van der Waals surface area contributed by atoms with Crippen LogP contribution in [0.25, 0.3) is 0 Å². The van der Waals surface area contributed by atoms with Crippen molar-refractivity contribution in [2.45, 2.75) is 90.1 Å². The zero-order valence-corrected chi connectivity index (χ0v) is 15.9. The molecule has 2 heterocycles. The molecule has 4 rings (SSSR count). The van der Waals surface area contributed by atoms with Gasteiger partial charge in [0.2, 0.25) is 0 Å². The van der Waals surface area contributed by atoms with E-state index >= 15 is 0 Å². The highest BCUT2D eigenvalue weighted by molar-refractivity contribution is 5.10. The van der Waals surface area contributed by atoms with Gasteiger partial charge >= 0.3 is 0 Å². The maximum atomic E-state index is 2.87. The van der Waals surface area contributed by atoms with E-state index in [0.717, 1.165) is 12.1 Å². The van der Waals surface area contributed by atoms with Crippen molar-refractivity contribution in [3.63, 3.8) is 0 Å². The van der Waals surface area contributed by atoms with E-state index in [1.807, 2.05) is 0 Å². The van der Waals surface area contributed by atoms with Crippen LogP contribution >= 0.6 is 0 Å². The summed E-state index contributed by atoms with van der Waals surface area (Å²) in [5.41, 5.74) is 1.22. The van der Waals surface area contributed by atoms with Gasteiger partial charge in [-0.05, 0) is 68.9 Å². The molecule has 0 aromatic carbocycles. The van der Waals surface area contributed by atoms with Crippen LogP contribution in [0.4, 0.5) is 0 Å². The van der Waals surface area contributed by atoms with Crippen LogP contribution in [0, 0.1) is 10.8 Å². The predicted molar refractivity (Wildman–Crippen MR) is 97.5 cm³/mol. The summed E-state index contributed by atoms with van der Waals surface area (Å²) in [7, 11) is 2.58. The van der Waals surface area contributed by atoms with Gasteiger partial charge < -0.3 is 9.38 Å². The van der Waals surface area contributed by atoms with E-state index in [9.17, 15) is 0 Å². The first-order chi connectivity index (χ1) is 10.9. The highest BCUT2D eigenvalue weighted by Crippen LogP contribution is 2.64. The number of nitrogens with zero attached hydrogens (tertiary/aromatic N) is 2. The lowest BCUT2D eigenvalue weighted by molar-refractivity contribution is -0.937. The normalized spacial score (nSPS) is 47.6. The van der Waals surface area contributed by atoms with Gasteiger partial charge in [0.05, 0.1) is 26.2 Å². The van der Waals surface area contributed by atoms with E-state index in [-0.39, 0.29) is 0 Å². The van der Waals surface area contributed by atoms with Crippen molar-refractivity contribution in [2.75, 3.05) is 33.2 Å². The number of quaternary nitrogens is 1. The second kappa shape index (κ2) is 5.73. The Kier molecular flexibility index (Phi) is 4.08. The van der Waals surface area contributed by atoms with Gasteiger partial charge in [-0.3, -0.25) is 0 Å². The minimum absolute atomic E-state index is 0.610. The first-order valence-corrected chi connectivity index (χ1v) is 10.5. The number of likely N-dealkylation sites (tertiary alicyclic amines) is 2. The molecule has 2 aliphatic heterocycles. The van der Waals surface area contributed by atoms with Crippen LogP contribution in [0.1, 0.15) is 78.1 Å². The molecule has 2 aliphatic carbocycles. The molecule has 0 N–H and O–H groups in total. The van der Waals surface area contributed by atoms with Gasteiger partial charge in [-0.15, -0.1) is 0 Å². The zero-order valence-electron chi connectivity index (χ0n) is 15.9. The van der Waals surface area contributed by atoms with Crippen LogP contribution in [0.5, 0.6) is 0 Å². The molecule has 2 saturated carbocycles. The molecular weight excluding hydrogens is 280 g/mol. The van der Waals surface area contributed by atoms with Crippen molar-refractivity contribution in [3.8, 4) is 0 Å². The number of hydrogen-bond donors (Lipinski definition) is 0. The number of piperidine rings is 2. The van der Waals surface area contributed by atoms with Gasteiger partial charge in [-0.1, -0.05) is 20.3 Å². The molecule has 0 spiro atoms. The molecule has 0 amide bonds. The quantitative estimate of drug-likeness (QED) is 0.680. The molecule has 0 aromatic heterocycles. The summed E-state index contributed by atoms with van der Waals surface area (Å²) >= 11 is 0. The molecule has 4 atom stereocenters. The SMILES string of the molecule is C[C@@]12CC(N3CCCCC3)C[C@]1(C)CC([N+]1(C)CCCCC1)C2. The molecule has 132 valence electrons. The lowest BCUT2D eigenvalue weighted by atomic mass is 9.71. The Morgan fingerprint density at radius 2 is 1.26 bits per heavy atom. The van der Waals surface area contributed by atoms with Gasteiger partial charge in [0.1, 0.15) is 0 Å². The average molecular weight is 320 g/mol.